The molecule has 1 aliphatic rings. The van der Waals surface area contributed by atoms with Crippen LogP contribution >= 0.6 is 22.9 Å². The molecule has 1 amide bonds. The Bertz CT molecular complexity index is 995. The molecule has 2 aromatic rings. The van der Waals surface area contributed by atoms with Crippen molar-refractivity contribution in [2.45, 2.75) is 32.2 Å². The first kappa shape index (κ1) is 23.2. The van der Waals surface area contributed by atoms with E-state index in [1.807, 2.05) is 37.8 Å². The average molecular weight is 470 g/mol. The number of rotatable bonds is 7. The van der Waals surface area contributed by atoms with Crippen LogP contribution in [0.3, 0.4) is 0 Å². The standard InChI is InChI=1S/C21H28ClN3O3S2/c1-4-25(5-2)30(27,28)18-8-6-16(3)19(14-18)21(26)24-12-10-23(11-13-24)15-17-7-9-20(22)29-17/h6-9,14H,4-5,10-13,15H2,1-3H3. The fraction of sp³-hybridized carbons (Fsp3) is 0.476. The van der Waals surface area contributed by atoms with Crippen molar-refractivity contribution in [2.24, 2.45) is 0 Å². The maximum absolute atomic E-state index is 13.2. The molecule has 1 saturated heterocycles. The van der Waals surface area contributed by atoms with Crippen molar-refractivity contribution in [3.05, 3.63) is 50.7 Å². The maximum atomic E-state index is 13.2. The van der Waals surface area contributed by atoms with Crippen LogP contribution in [0.5, 0.6) is 0 Å². The Morgan fingerprint density at radius 1 is 1.10 bits per heavy atom. The molecule has 0 N–H and O–H groups in total. The van der Waals surface area contributed by atoms with Gasteiger partial charge in [-0.05, 0) is 36.8 Å². The highest BCUT2D eigenvalue weighted by molar-refractivity contribution is 7.89. The highest BCUT2D eigenvalue weighted by atomic mass is 35.5. The molecular weight excluding hydrogens is 442 g/mol. The van der Waals surface area contributed by atoms with Crippen LogP contribution in [0.1, 0.15) is 34.6 Å². The Morgan fingerprint density at radius 3 is 2.33 bits per heavy atom. The first-order valence-electron chi connectivity index (χ1n) is 10.1. The van der Waals surface area contributed by atoms with Gasteiger partial charge >= 0.3 is 0 Å². The van der Waals surface area contributed by atoms with E-state index in [0.29, 0.717) is 31.7 Å². The number of aryl methyl sites for hydroxylation is 1. The van der Waals surface area contributed by atoms with E-state index >= 15 is 0 Å². The van der Waals surface area contributed by atoms with Gasteiger partial charge in [-0.1, -0.05) is 31.5 Å². The lowest BCUT2D eigenvalue weighted by Gasteiger charge is -2.34. The third-order valence-electron chi connectivity index (χ3n) is 5.45. The molecule has 1 aromatic carbocycles. The summed E-state index contributed by atoms with van der Waals surface area (Å²) < 4.78 is 27.9. The van der Waals surface area contributed by atoms with Crippen molar-refractivity contribution in [1.29, 1.82) is 0 Å². The number of hydrogen-bond acceptors (Lipinski definition) is 5. The monoisotopic (exact) mass is 469 g/mol. The maximum Gasteiger partial charge on any atom is 0.254 e. The molecule has 0 radical (unpaired) electrons. The van der Waals surface area contributed by atoms with Crippen molar-refractivity contribution >= 4 is 38.9 Å². The normalized spacial score (nSPS) is 15.7. The number of carbonyl (C=O) groups is 1. The van der Waals surface area contributed by atoms with Crippen molar-refractivity contribution in [1.82, 2.24) is 14.1 Å². The second kappa shape index (κ2) is 9.78. The zero-order valence-electron chi connectivity index (χ0n) is 17.6. The Kier molecular flexibility index (Phi) is 7.57. The van der Waals surface area contributed by atoms with Crippen molar-refractivity contribution < 1.29 is 13.2 Å². The summed E-state index contributed by atoms with van der Waals surface area (Å²) in [6.07, 6.45) is 0. The van der Waals surface area contributed by atoms with E-state index < -0.39 is 10.0 Å². The Hall–Kier alpha value is -1.45. The highest BCUT2D eigenvalue weighted by Gasteiger charge is 2.27. The number of piperazine rings is 1. The second-order valence-corrected chi connectivity index (χ2v) is 11.1. The summed E-state index contributed by atoms with van der Waals surface area (Å²) in [6, 6.07) is 8.79. The minimum Gasteiger partial charge on any atom is -0.336 e. The molecule has 0 saturated carbocycles. The third-order valence-corrected chi connectivity index (χ3v) is 8.71. The average Bonchev–Trinajstić information content (AvgIpc) is 3.13. The molecule has 0 spiro atoms. The lowest BCUT2D eigenvalue weighted by atomic mass is 10.1. The minimum absolute atomic E-state index is 0.108. The molecule has 164 valence electrons. The van der Waals surface area contributed by atoms with Crippen molar-refractivity contribution in [2.75, 3.05) is 39.3 Å². The van der Waals surface area contributed by atoms with E-state index in [1.54, 1.807) is 23.5 Å². The van der Waals surface area contributed by atoms with Crippen LogP contribution in [0.25, 0.3) is 0 Å². The molecule has 9 heteroatoms. The van der Waals surface area contributed by atoms with Crippen LogP contribution in [0.2, 0.25) is 4.34 Å². The number of nitrogens with zero attached hydrogens (tertiary/aromatic N) is 3. The van der Waals surface area contributed by atoms with Gasteiger partial charge in [0.2, 0.25) is 10.0 Å². The molecule has 6 nitrogen and oxygen atoms in total. The molecule has 1 aliphatic heterocycles. The van der Waals surface area contributed by atoms with Gasteiger partial charge in [-0.25, -0.2) is 8.42 Å². The summed E-state index contributed by atoms with van der Waals surface area (Å²) >= 11 is 7.59. The van der Waals surface area contributed by atoms with Crippen LogP contribution in [0.4, 0.5) is 0 Å². The SMILES string of the molecule is CCN(CC)S(=O)(=O)c1ccc(C)c(C(=O)N2CCN(Cc3ccc(Cl)s3)CC2)c1. The molecule has 2 heterocycles. The van der Waals surface area contributed by atoms with Crippen molar-refractivity contribution in [3.8, 4) is 0 Å². The Morgan fingerprint density at radius 2 is 1.77 bits per heavy atom. The van der Waals surface area contributed by atoms with Gasteiger partial charge in [0.05, 0.1) is 9.23 Å². The topological polar surface area (TPSA) is 60.9 Å². The van der Waals surface area contributed by atoms with Crippen LogP contribution in [0.15, 0.2) is 35.2 Å². The number of carbonyl (C=O) groups excluding carboxylic acids is 1. The van der Waals surface area contributed by atoms with Gasteiger partial charge in [0.25, 0.3) is 5.91 Å². The number of hydrogen-bond donors (Lipinski definition) is 0. The molecule has 0 unspecified atom stereocenters. The zero-order valence-corrected chi connectivity index (χ0v) is 20.0. The van der Waals surface area contributed by atoms with E-state index in [-0.39, 0.29) is 10.8 Å². The van der Waals surface area contributed by atoms with E-state index in [0.717, 1.165) is 29.5 Å². The molecule has 30 heavy (non-hydrogen) atoms. The summed E-state index contributed by atoms with van der Waals surface area (Å²) in [5.74, 6) is -0.108. The molecule has 0 atom stereocenters. The zero-order chi connectivity index (χ0) is 21.9. The fourth-order valence-corrected chi connectivity index (χ4v) is 6.26. The fourth-order valence-electron chi connectivity index (χ4n) is 3.64. The Labute approximate surface area is 188 Å². The molecule has 0 bridgehead atoms. The van der Waals surface area contributed by atoms with Gasteiger partial charge in [-0.3, -0.25) is 9.69 Å². The van der Waals surface area contributed by atoms with E-state index in [9.17, 15) is 13.2 Å². The largest absolute Gasteiger partial charge is 0.336 e. The third kappa shape index (κ3) is 5.06. The molecule has 3 rings (SSSR count). The van der Waals surface area contributed by atoms with Crippen LogP contribution in [-0.4, -0.2) is 67.7 Å². The lowest BCUT2D eigenvalue weighted by Crippen LogP contribution is -2.48. The predicted molar refractivity (Wildman–Crippen MR) is 122 cm³/mol. The van der Waals surface area contributed by atoms with Gasteiger partial charge in [0.1, 0.15) is 0 Å². The quantitative estimate of drug-likeness (QED) is 0.620. The predicted octanol–water partition coefficient (Wildman–Crippen LogP) is 3.70. The summed E-state index contributed by atoms with van der Waals surface area (Å²) in [6.45, 7) is 9.87. The van der Waals surface area contributed by atoms with E-state index in [1.165, 1.54) is 15.2 Å². The number of thiophene rings is 1. The summed E-state index contributed by atoms with van der Waals surface area (Å²) in [4.78, 5) is 18.7. The first-order chi connectivity index (χ1) is 14.3. The van der Waals surface area contributed by atoms with E-state index in [2.05, 4.69) is 4.90 Å². The molecule has 1 aromatic heterocycles. The summed E-state index contributed by atoms with van der Waals surface area (Å²) in [5, 5.41) is 0. The van der Waals surface area contributed by atoms with Crippen LogP contribution in [0, 0.1) is 6.92 Å². The minimum atomic E-state index is -3.60. The van der Waals surface area contributed by atoms with Gasteiger partial charge in [0, 0.05) is 56.3 Å². The first-order valence-corrected chi connectivity index (χ1v) is 12.8. The van der Waals surface area contributed by atoms with Gasteiger partial charge in [-0.2, -0.15) is 4.31 Å². The summed E-state index contributed by atoms with van der Waals surface area (Å²) in [5.41, 5.74) is 1.25. The molecule has 0 aliphatic carbocycles. The second-order valence-electron chi connectivity index (χ2n) is 7.34. The van der Waals surface area contributed by atoms with E-state index in [4.69, 9.17) is 11.6 Å². The van der Waals surface area contributed by atoms with Crippen molar-refractivity contribution in [3.63, 3.8) is 0 Å². The van der Waals surface area contributed by atoms with Crippen LogP contribution < -0.4 is 0 Å². The van der Waals surface area contributed by atoms with Gasteiger partial charge in [-0.15, -0.1) is 11.3 Å². The lowest BCUT2D eigenvalue weighted by molar-refractivity contribution is 0.0628. The number of halogens is 1. The highest BCUT2D eigenvalue weighted by Crippen LogP contribution is 2.24. The van der Waals surface area contributed by atoms with Gasteiger partial charge in [0.15, 0.2) is 0 Å². The number of amides is 1. The molecular formula is C21H28ClN3O3S2. The Balaban J connectivity index is 1.71. The number of sulfonamides is 1. The number of benzene rings is 1. The smallest absolute Gasteiger partial charge is 0.254 e. The summed E-state index contributed by atoms with van der Waals surface area (Å²) in [7, 11) is -3.60. The molecule has 1 fully saturated rings. The van der Waals surface area contributed by atoms with Crippen LogP contribution in [-0.2, 0) is 16.6 Å². The van der Waals surface area contributed by atoms with Gasteiger partial charge < -0.3 is 4.90 Å².